The van der Waals surface area contributed by atoms with Crippen LogP contribution >= 0.6 is 23.2 Å². The summed E-state index contributed by atoms with van der Waals surface area (Å²) in [6, 6.07) is 12.7. The van der Waals surface area contributed by atoms with Crippen molar-refractivity contribution in [1.29, 1.82) is 0 Å². The van der Waals surface area contributed by atoms with Crippen LogP contribution in [-0.4, -0.2) is 29.3 Å². The van der Waals surface area contributed by atoms with Gasteiger partial charge < -0.3 is 10.2 Å². The number of aryl methyl sites for hydroxylation is 2. The fourth-order valence-electron chi connectivity index (χ4n) is 2.91. The monoisotopic (exact) mass is 420 g/mol. The maximum Gasteiger partial charge on any atom is 0.242 e. The summed E-state index contributed by atoms with van der Waals surface area (Å²) in [7, 11) is 0. The second kappa shape index (κ2) is 10.5. The Morgan fingerprint density at radius 1 is 1.07 bits per heavy atom. The second-order valence-corrected chi connectivity index (χ2v) is 7.59. The maximum atomic E-state index is 13.0. The summed E-state index contributed by atoms with van der Waals surface area (Å²) in [5.41, 5.74) is 2.90. The summed E-state index contributed by atoms with van der Waals surface area (Å²) in [5, 5.41) is 3.73. The van der Waals surface area contributed by atoms with Crippen LogP contribution in [0.5, 0.6) is 0 Å². The van der Waals surface area contributed by atoms with Crippen molar-refractivity contribution in [2.75, 3.05) is 6.54 Å². The van der Waals surface area contributed by atoms with Gasteiger partial charge in [0.2, 0.25) is 11.8 Å². The molecule has 0 heterocycles. The van der Waals surface area contributed by atoms with Gasteiger partial charge in [0.25, 0.3) is 0 Å². The molecule has 2 rings (SSSR count). The van der Waals surface area contributed by atoms with Gasteiger partial charge in [0.15, 0.2) is 0 Å². The maximum absolute atomic E-state index is 13.0. The highest BCUT2D eigenvalue weighted by Gasteiger charge is 2.26. The summed E-state index contributed by atoms with van der Waals surface area (Å²) < 4.78 is 0. The summed E-state index contributed by atoms with van der Waals surface area (Å²) in [6.07, 6.45) is 0.906. The summed E-state index contributed by atoms with van der Waals surface area (Å²) >= 11 is 12.6. The first-order valence-corrected chi connectivity index (χ1v) is 10.1. The van der Waals surface area contributed by atoms with Gasteiger partial charge in [0, 0.05) is 35.1 Å². The lowest BCUT2D eigenvalue weighted by molar-refractivity contribution is -0.140. The minimum absolute atomic E-state index is 0.115. The Morgan fingerprint density at radius 3 is 2.25 bits per heavy atom. The molecule has 150 valence electrons. The lowest BCUT2D eigenvalue weighted by Crippen LogP contribution is -2.47. The lowest BCUT2D eigenvalue weighted by atomic mass is 10.1. The number of carbonyl (C=O) groups is 2. The van der Waals surface area contributed by atoms with Crippen LogP contribution in [0.4, 0.5) is 0 Å². The van der Waals surface area contributed by atoms with E-state index in [-0.39, 0.29) is 18.4 Å². The SMILES string of the molecule is CCNC(=O)[C@H](C)N(Cc1c(Cl)cccc1Cl)C(=O)CCc1ccc(C)cc1. The number of amides is 2. The molecule has 1 N–H and O–H groups in total. The van der Waals surface area contributed by atoms with E-state index in [9.17, 15) is 9.59 Å². The van der Waals surface area contributed by atoms with Crippen molar-refractivity contribution >= 4 is 35.0 Å². The molecular weight excluding hydrogens is 395 g/mol. The number of likely N-dealkylation sites (N-methyl/N-ethyl adjacent to an activating group) is 1. The zero-order valence-electron chi connectivity index (χ0n) is 16.5. The van der Waals surface area contributed by atoms with Crippen LogP contribution in [0.25, 0.3) is 0 Å². The van der Waals surface area contributed by atoms with Crippen LogP contribution in [0.3, 0.4) is 0 Å². The zero-order chi connectivity index (χ0) is 20.7. The summed E-state index contributed by atoms with van der Waals surface area (Å²) in [6.45, 7) is 6.28. The van der Waals surface area contributed by atoms with Crippen molar-refractivity contribution in [2.45, 2.75) is 46.2 Å². The Kier molecular flexibility index (Phi) is 8.34. The van der Waals surface area contributed by atoms with Gasteiger partial charge in [0.1, 0.15) is 6.04 Å². The van der Waals surface area contributed by atoms with Crippen molar-refractivity contribution < 1.29 is 9.59 Å². The molecule has 28 heavy (non-hydrogen) atoms. The van der Waals surface area contributed by atoms with Crippen LogP contribution in [-0.2, 0) is 22.6 Å². The molecule has 0 saturated carbocycles. The summed E-state index contributed by atoms with van der Waals surface area (Å²) in [4.78, 5) is 27.0. The van der Waals surface area contributed by atoms with E-state index < -0.39 is 6.04 Å². The van der Waals surface area contributed by atoms with Gasteiger partial charge in [-0.25, -0.2) is 0 Å². The highest BCUT2D eigenvalue weighted by atomic mass is 35.5. The highest BCUT2D eigenvalue weighted by molar-refractivity contribution is 6.36. The molecule has 6 heteroatoms. The Labute approximate surface area is 176 Å². The molecule has 0 aliphatic carbocycles. The molecule has 0 bridgehead atoms. The second-order valence-electron chi connectivity index (χ2n) is 6.78. The average Bonchev–Trinajstić information content (AvgIpc) is 2.67. The van der Waals surface area contributed by atoms with E-state index in [1.54, 1.807) is 30.0 Å². The third-order valence-electron chi connectivity index (χ3n) is 4.66. The fourth-order valence-corrected chi connectivity index (χ4v) is 3.42. The first-order valence-electron chi connectivity index (χ1n) is 9.39. The molecule has 2 amide bonds. The number of nitrogens with one attached hydrogen (secondary N) is 1. The molecule has 0 fully saturated rings. The standard InChI is InChI=1S/C22H26Cl2N2O2/c1-4-25-22(28)16(3)26(14-18-19(23)6-5-7-20(18)24)21(27)13-12-17-10-8-15(2)9-11-17/h5-11,16H,4,12-14H2,1-3H3,(H,25,28)/t16-/m0/s1. The Balaban J connectivity index is 2.20. The molecule has 0 aliphatic rings. The number of hydrogen-bond donors (Lipinski definition) is 1. The van der Waals surface area contributed by atoms with Crippen molar-refractivity contribution in [3.8, 4) is 0 Å². The number of hydrogen-bond acceptors (Lipinski definition) is 2. The van der Waals surface area contributed by atoms with Gasteiger partial charge in [-0.15, -0.1) is 0 Å². The predicted octanol–water partition coefficient (Wildman–Crippen LogP) is 4.79. The summed E-state index contributed by atoms with van der Waals surface area (Å²) in [5.74, 6) is -0.315. The fraction of sp³-hybridized carbons (Fsp3) is 0.364. The van der Waals surface area contributed by atoms with Crippen LogP contribution in [0.1, 0.15) is 37.0 Å². The van der Waals surface area contributed by atoms with Gasteiger partial charge in [-0.1, -0.05) is 59.1 Å². The number of carbonyl (C=O) groups excluding carboxylic acids is 2. The van der Waals surface area contributed by atoms with E-state index in [1.165, 1.54) is 5.56 Å². The molecule has 2 aromatic carbocycles. The number of rotatable bonds is 8. The van der Waals surface area contributed by atoms with Gasteiger partial charge in [-0.2, -0.15) is 0 Å². The molecule has 0 unspecified atom stereocenters. The topological polar surface area (TPSA) is 49.4 Å². The predicted molar refractivity (Wildman–Crippen MR) is 115 cm³/mol. The van der Waals surface area contributed by atoms with Crippen molar-refractivity contribution in [1.82, 2.24) is 10.2 Å². The molecular formula is C22H26Cl2N2O2. The minimum Gasteiger partial charge on any atom is -0.355 e. The quantitative estimate of drug-likeness (QED) is 0.667. The number of benzene rings is 2. The third kappa shape index (κ3) is 5.98. The molecule has 0 saturated heterocycles. The van der Waals surface area contributed by atoms with Crippen molar-refractivity contribution in [3.63, 3.8) is 0 Å². The first kappa shape index (κ1) is 22.3. The van der Waals surface area contributed by atoms with Gasteiger partial charge in [-0.3, -0.25) is 9.59 Å². The van der Waals surface area contributed by atoms with E-state index in [0.717, 1.165) is 5.56 Å². The molecule has 0 spiro atoms. The van der Waals surface area contributed by atoms with Gasteiger partial charge in [0.05, 0.1) is 0 Å². The van der Waals surface area contributed by atoms with E-state index >= 15 is 0 Å². The van der Waals surface area contributed by atoms with E-state index in [2.05, 4.69) is 5.32 Å². The Morgan fingerprint density at radius 2 is 1.68 bits per heavy atom. The van der Waals surface area contributed by atoms with Crippen molar-refractivity contribution in [3.05, 3.63) is 69.2 Å². The van der Waals surface area contributed by atoms with Gasteiger partial charge in [-0.05, 0) is 44.9 Å². The van der Waals surface area contributed by atoms with E-state index in [0.29, 0.717) is 35.0 Å². The smallest absolute Gasteiger partial charge is 0.242 e. The normalized spacial score (nSPS) is 11.8. The highest BCUT2D eigenvalue weighted by Crippen LogP contribution is 2.27. The third-order valence-corrected chi connectivity index (χ3v) is 5.36. The number of nitrogens with zero attached hydrogens (tertiary/aromatic N) is 1. The van der Waals surface area contributed by atoms with E-state index in [1.807, 2.05) is 38.1 Å². The zero-order valence-corrected chi connectivity index (χ0v) is 18.0. The first-order chi connectivity index (χ1) is 13.3. The molecule has 1 atom stereocenters. The largest absolute Gasteiger partial charge is 0.355 e. The average molecular weight is 421 g/mol. The Hall–Kier alpha value is -2.04. The van der Waals surface area contributed by atoms with Crippen LogP contribution in [0.15, 0.2) is 42.5 Å². The molecule has 4 nitrogen and oxygen atoms in total. The molecule has 0 radical (unpaired) electrons. The van der Waals surface area contributed by atoms with Gasteiger partial charge >= 0.3 is 0 Å². The van der Waals surface area contributed by atoms with Crippen LogP contribution in [0.2, 0.25) is 10.0 Å². The minimum atomic E-state index is -0.627. The van der Waals surface area contributed by atoms with Crippen molar-refractivity contribution in [2.24, 2.45) is 0 Å². The molecule has 2 aromatic rings. The molecule has 0 aromatic heterocycles. The molecule has 0 aliphatic heterocycles. The van der Waals surface area contributed by atoms with Crippen LogP contribution < -0.4 is 5.32 Å². The number of halogens is 2. The van der Waals surface area contributed by atoms with E-state index in [4.69, 9.17) is 23.2 Å². The Bertz CT molecular complexity index is 802. The van der Waals surface area contributed by atoms with Crippen LogP contribution in [0, 0.1) is 6.92 Å². The lowest BCUT2D eigenvalue weighted by Gasteiger charge is -2.29.